The average Bonchev–Trinajstić information content (AvgIpc) is 2.96. The molecule has 6 heteroatoms. The summed E-state index contributed by atoms with van der Waals surface area (Å²) in [4.78, 5) is 7.40. The van der Waals surface area contributed by atoms with Gasteiger partial charge in [-0.3, -0.25) is 5.01 Å². The Morgan fingerprint density at radius 3 is 2.71 bits per heavy atom. The number of hydrogen-bond acceptors (Lipinski definition) is 5. The van der Waals surface area contributed by atoms with Crippen LogP contribution in [0.25, 0.3) is 5.57 Å². The molecule has 0 fully saturated rings. The van der Waals surface area contributed by atoms with Gasteiger partial charge in [0.05, 0.1) is 11.9 Å². The normalized spacial score (nSPS) is 14.3. The van der Waals surface area contributed by atoms with Crippen molar-refractivity contribution in [2.24, 2.45) is 5.10 Å². The van der Waals surface area contributed by atoms with Gasteiger partial charge in [-0.05, 0) is 106 Å². The zero-order valence-electron chi connectivity index (χ0n) is 25.7. The third kappa shape index (κ3) is 9.72. The summed E-state index contributed by atoms with van der Waals surface area (Å²) in [5.41, 5.74) is 10.2. The van der Waals surface area contributed by atoms with Crippen LogP contribution in [-0.4, -0.2) is 36.7 Å². The summed E-state index contributed by atoms with van der Waals surface area (Å²) in [7, 11) is 4.10. The maximum Gasteiger partial charge on any atom is 0.149 e. The molecular weight excluding hydrogens is 528 g/mol. The molecule has 0 bridgehead atoms. The minimum Gasteiger partial charge on any atom is -0.386 e. The van der Waals surface area contributed by atoms with Crippen molar-refractivity contribution >= 4 is 29.5 Å². The van der Waals surface area contributed by atoms with Crippen LogP contribution < -0.4 is 5.01 Å². The Bertz CT molecular complexity index is 1290. The van der Waals surface area contributed by atoms with Crippen LogP contribution in [0.2, 0.25) is 0 Å². The molecule has 1 aromatic carbocycles. The first kappa shape index (κ1) is 32.4. The molecule has 2 aromatic rings. The van der Waals surface area contributed by atoms with Gasteiger partial charge in [-0.2, -0.15) is 5.10 Å². The molecule has 41 heavy (non-hydrogen) atoms. The lowest BCUT2D eigenvalue weighted by atomic mass is 9.89. The van der Waals surface area contributed by atoms with E-state index in [0.717, 1.165) is 81.5 Å². The number of nitrogens with zero attached hydrogens (tertiary/aromatic N) is 4. The number of aryl methyl sites for hydroxylation is 1. The van der Waals surface area contributed by atoms with Gasteiger partial charge in [0, 0.05) is 25.7 Å². The predicted octanol–water partition coefficient (Wildman–Crippen LogP) is 8.97. The number of halogens is 1. The summed E-state index contributed by atoms with van der Waals surface area (Å²) < 4.78 is 4.83. The molecular formula is C35H47ClN4O. The molecule has 220 valence electrons. The van der Waals surface area contributed by atoms with Crippen LogP contribution in [0.15, 0.2) is 77.6 Å². The summed E-state index contributed by atoms with van der Waals surface area (Å²) in [5, 5.41) is 6.37. The maximum absolute atomic E-state index is 5.56. The molecule has 1 aromatic heterocycles. The first-order chi connectivity index (χ1) is 19.7. The molecule has 0 aliphatic carbocycles. The van der Waals surface area contributed by atoms with E-state index < -0.39 is 0 Å². The Morgan fingerprint density at radius 1 is 1.17 bits per heavy atom. The Hall–Kier alpha value is -3.15. The van der Waals surface area contributed by atoms with Crippen molar-refractivity contribution in [1.29, 1.82) is 0 Å². The van der Waals surface area contributed by atoms with E-state index in [0.29, 0.717) is 5.76 Å². The SMILES string of the molecule is C=C(C)CC/C=C(\CCCc1ccc2c(c1C)CCN(C)C2)c1cccc(N(C)/N=C\C(=C\CCC)C(=C)OCl)n1. The van der Waals surface area contributed by atoms with E-state index >= 15 is 0 Å². The van der Waals surface area contributed by atoms with E-state index in [1.807, 2.05) is 19.2 Å². The monoisotopic (exact) mass is 574 g/mol. The van der Waals surface area contributed by atoms with Gasteiger partial charge in [0.25, 0.3) is 0 Å². The van der Waals surface area contributed by atoms with Gasteiger partial charge in [-0.1, -0.05) is 55.8 Å². The van der Waals surface area contributed by atoms with E-state index in [4.69, 9.17) is 21.1 Å². The van der Waals surface area contributed by atoms with Gasteiger partial charge in [-0.15, -0.1) is 6.58 Å². The molecule has 3 rings (SSSR count). The number of hydrazone groups is 1. The van der Waals surface area contributed by atoms with Crippen molar-refractivity contribution in [2.45, 2.75) is 78.7 Å². The summed E-state index contributed by atoms with van der Waals surface area (Å²) in [6, 6.07) is 10.8. The minimum atomic E-state index is 0.378. The Kier molecular flexibility index (Phi) is 12.9. The number of allylic oxidation sites excluding steroid dienone is 5. The Labute approximate surface area is 253 Å². The lowest BCUT2D eigenvalue weighted by Gasteiger charge is -2.27. The summed E-state index contributed by atoms with van der Waals surface area (Å²) in [5.74, 6) is 1.15. The molecule has 5 nitrogen and oxygen atoms in total. The largest absolute Gasteiger partial charge is 0.386 e. The van der Waals surface area contributed by atoms with E-state index in [9.17, 15) is 0 Å². The highest BCUT2D eigenvalue weighted by Gasteiger charge is 2.17. The molecule has 1 aliphatic rings. The van der Waals surface area contributed by atoms with Gasteiger partial charge < -0.3 is 9.19 Å². The van der Waals surface area contributed by atoms with Crippen LogP contribution in [0, 0.1) is 6.92 Å². The molecule has 0 radical (unpaired) electrons. The Balaban J connectivity index is 1.76. The molecule has 1 aliphatic heterocycles. The summed E-state index contributed by atoms with van der Waals surface area (Å²) in [6.07, 6.45) is 14.2. The number of fused-ring (bicyclic) bond motifs is 1. The topological polar surface area (TPSA) is 41.0 Å². The lowest BCUT2D eigenvalue weighted by Crippen LogP contribution is -2.27. The third-order valence-electron chi connectivity index (χ3n) is 7.68. The van der Waals surface area contributed by atoms with Crippen LogP contribution >= 0.6 is 11.9 Å². The van der Waals surface area contributed by atoms with E-state index in [1.54, 1.807) is 16.8 Å². The van der Waals surface area contributed by atoms with E-state index in [-0.39, 0.29) is 0 Å². The first-order valence-corrected chi connectivity index (χ1v) is 15.1. The highest BCUT2D eigenvalue weighted by molar-refractivity contribution is 6.08. The Morgan fingerprint density at radius 2 is 1.98 bits per heavy atom. The van der Waals surface area contributed by atoms with Crippen molar-refractivity contribution in [3.05, 3.63) is 100 Å². The van der Waals surface area contributed by atoms with Gasteiger partial charge in [0.1, 0.15) is 23.4 Å². The van der Waals surface area contributed by atoms with Crippen LogP contribution in [0.3, 0.4) is 0 Å². The second kappa shape index (κ2) is 16.3. The van der Waals surface area contributed by atoms with Crippen LogP contribution in [0.4, 0.5) is 5.82 Å². The fourth-order valence-electron chi connectivity index (χ4n) is 5.17. The number of anilines is 1. The highest BCUT2D eigenvalue weighted by atomic mass is 35.5. The van der Waals surface area contributed by atoms with E-state index in [1.165, 1.54) is 27.8 Å². The molecule has 0 N–H and O–H groups in total. The zero-order valence-corrected chi connectivity index (χ0v) is 26.4. The molecule has 0 amide bonds. The van der Waals surface area contributed by atoms with Crippen LogP contribution in [0.5, 0.6) is 0 Å². The van der Waals surface area contributed by atoms with Crippen molar-refractivity contribution in [1.82, 2.24) is 9.88 Å². The molecule has 0 saturated heterocycles. The second-order valence-corrected chi connectivity index (χ2v) is 11.3. The number of benzene rings is 1. The number of aromatic nitrogens is 1. The molecule has 0 unspecified atom stereocenters. The number of likely N-dealkylation sites (N-methyl/N-ethyl adjacent to an activating group) is 1. The second-order valence-electron chi connectivity index (χ2n) is 11.2. The number of pyridine rings is 1. The molecule has 0 spiro atoms. The fraction of sp³-hybridized carbons (Fsp3) is 0.429. The number of unbranched alkanes of at least 4 members (excludes halogenated alkanes) is 1. The number of hydrogen-bond donors (Lipinski definition) is 0. The van der Waals surface area contributed by atoms with Gasteiger partial charge >= 0.3 is 0 Å². The summed E-state index contributed by atoms with van der Waals surface area (Å²) >= 11 is 5.56. The van der Waals surface area contributed by atoms with E-state index in [2.05, 4.69) is 81.3 Å². The third-order valence-corrected chi connectivity index (χ3v) is 7.86. The van der Waals surface area contributed by atoms with Gasteiger partial charge in [0.2, 0.25) is 0 Å². The fourth-order valence-corrected chi connectivity index (χ4v) is 5.26. The van der Waals surface area contributed by atoms with Crippen LogP contribution in [-0.2, 0) is 23.7 Å². The van der Waals surface area contributed by atoms with Crippen molar-refractivity contribution < 1.29 is 4.29 Å². The van der Waals surface area contributed by atoms with Crippen LogP contribution in [0.1, 0.15) is 80.3 Å². The standard InChI is InChI=1S/C35H47ClN4O/c1-8-9-14-31(28(5)41-36)24-37-40(7)35-19-12-18-34(38-35)30(16-10-13-26(2)3)17-11-15-29-20-21-32-25-39(6)23-22-33(32)27(29)4/h12,14,16,18-21,24H,2,5,8-11,13,15,17,22-23,25H2,1,3-4,6-7H3/b30-16+,31-14-,37-24-. The molecule has 0 atom stereocenters. The average molecular weight is 575 g/mol. The first-order valence-electron chi connectivity index (χ1n) is 14.8. The van der Waals surface area contributed by atoms with Crippen molar-refractivity contribution in [3.63, 3.8) is 0 Å². The summed E-state index contributed by atoms with van der Waals surface area (Å²) in [6.45, 7) is 16.7. The van der Waals surface area contributed by atoms with Gasteiger partial charge in [-0.25, -0.2) is 4.98 Å². The number of rotatable bonds is 15. The minimum absolute atomic E-state index is 0.378. The van der Waals surface area contributed by atoms with Crippen molar-refractivity contribution in [2.75, 3.05) is 25.6 Å². The smallest absolute Gasteiger partial charge is 0.149 e. The van der Waals surface area contributed by atoms with Crippen molar-refractivity contribution in [3.8, 4) is 0 Å². The zero-order chi connectivity index (χ0) is 29.8. The lowest BCUT2D eigenvalue weighted by molar-refractivity contribution is 0.312. The highest BCUT2D eigenvalue weighted by Crippen LogP contribution is 2.28. The quantitative estimate of drug-likeness (QED) is 0.0699. The predicted molar refractivity (Wildman–Crippen MR) is 176 cm³/mol. The van der Waals surface area contributed by atoms with Gasteiger partial charge in [0.15, 0.2) is 0 Å². The maximum atomic E-state index is 5.56. The molecule has 0 saturated carbocycles. The molecule has 2 heterocycles.